The van der Waals surface area contributed by atoms with Crippen molar-refractivity contribution in [1.82, 2.24) is 9.97 Å². The van der Waals surface area contributed by atoms with E-state index < -0.39 is 0 Å². The fourth-order valence-corrected chi connectivity index (χ4v) is 4.18. The van der Waals surface area contributed by atoms with Crippen LogP contribution in [0.3, 0.4) is 0 Å². The van der Waals surface area contributed by atoms with Crippen molar-refractivity contribution in [3.05, 3.63) is 51.2 Å². The van der Waals surface area contributed by atoms with Gasteiger partial charge in [-0.1, -0.05) is 6.07 Å². The summed E-state index contributed by atoms with van der Waals surface area (Å²) in [5, 5.41) is 14.9. The number of fused-ring (bicyclic) bond motifs is 2. The molecular weight excluding hydrogens is 443 g/mol. The molecule has 0 saturated carbocycles. The van der Waals surface area contributed by atoms with Gasteiger partial charge in [0.1, 0.15) is 10.9 Å². The Morgan fingerprint density at radius 3 is 2.96 bits per heavy atom. The van der Waals surface area contributed by atoms with Gasteiger partial charge in [0.05, 0.1) is 14.1 Å². The molecule has 3 heterocycles. The number of aromatic amines is 1. The van der Waals surface area contributed by atoms with Gasteiger partial charge >= 0.3 is 0 Å². The van der Waals surface area contributed by atoms with E-state index in [9.17, 15) is 5.26 Å². The summed E-state index contributed by atoms with van der Waals surface area (Å²) in [4.78, 5) is 8.51. The fourth-order valence-electron chi connectivity index (χ4n) is 2.51. The van der Waals surface area contributed by atoms with Gasteiger partial charge in [0.2, 0.25) is 0 Å². The summed E-state index contributed by atoms with van der Waals surface area (Å²) >= 11 is 3.90. The zero-order valence-corrected chi connectivity index (χ0v) is 15.4. The minimum atomic E-state index is 0. The van der Waals surface area contributed by atoms with E-state index in [1.165, 1.54) is 0 Å². The maximum Gasteiger partial charge on any atom is 0.126 e. The fraction of sp³-hybridized carbons (Fsp3) is 0. The van der Waals surface area contributed by atoms with Crippen LogP contribution in [0.4, 0.5) is 11.4 Å². The van der Waals surface area contributed by atoms with Crippen LogP contribution >= 0.6 is 46.3 Å². The molecule has 114 valence electrons. The molecule has 0 spiro atoms. The zero-order valence-electron chi connectivity index (χ0n) is 11.6. The molecule has 0 aliphatic rings. The predicted octanol–water partition coefficient (Wildman–Crippen LogP) is 5.42. The van der Waals surface area contributed by atoms with Gasteiger partial charge < -0.3 is 10.3 Å². The highest BCUT2D eigenvalue weighted by atomic mass is 127. The number of pyridine rings is 1. The molecule has 4 rings (SSSR count). The number of hydrogen-bond donors (Lipinski definition) is 2. The normalized spacial score (nSPS) is 10.4. The van der Waals surface area contributed by atoms with Crippen LogP contribution in [0.2, 0.25) is 0 Å². The van der Waals surface area contributed by atoms with Crippen molar-refractivity contribution >= 4 is 78.8 Å². The largest absolute Gasteiger partial charge is 0.361 e. The summed E-state index contributed by atoms with van der Waals surface area (Å²) in [7, 11) is 0. The average molecular weight is 453 g/mol. The van der Waals surface area contributed by atoms with Crippen LogP contribution in [-0.4, -0.2) is 9.97 Å². The van der Waals surface area contributed by atoms with Gasteiger partial charge in [0.15, 0.2) is 0 Å². The number of nitriles is 1. The Morgan fingerprint density at radius 2 is 2.13 bits per heavy atom. The third-order valence-electron chi connectivity index (χ3n) is 3.51. The summed E-state index contributed by atoms with van der Waals surface area (Å²) in [5.41, 5.74) is 3.41. The third kappa shape index (κ3) is 2.76. The molecule has 4 aromatic rings. The molecule has 2 N–H and O–H groups in total. The number of rotatable bonds is 2. The van der Waals surface area contributed by atoms with Crippen molar-refractivity contribution < 1.29 is 0 Å². The Bertz CT molecular complexity index is 1050. The van der Waals surface area contributed by atoms with E-state index in [-0.39, 0.29) is 12.4 Å². The second kappa shape index (κ2) is 6.35. The minimum Gasteiger partial charge on any atom is -0.361 e. The lowest BCUT2D eigenvalue weighted by molar-refractivity contribution is 1.39. The Hall–Kier alpha value is -1.82. The molecule has 0 amide bonds. The topological polar surface area (TPSA) is 64.5 Å². The molecule has 0 fully saturated rings. The highest BCUT2D eigenvalue weighted by Crippen LogP contribution is 2.35. The summed E-state index contributed by atoms with van der Waals surface area (Å²) in [6.45, 7) is 0. The zero-order chi connectivity index (χ0) is 15.1. The first-order valence-corrected chi connectivity index (χ1v) is 8.47. The molecule has 4 nitrogen and oxygen atoms in total. The second-order valence-electron chi connectivity index (χ2n) is 4.80. The first-order valence-electron chi connectivity index (χ1n) is 6.57. The van der Waals surface area contributed by atoms with E-state index in [0.717, 1.165) is 35.4 Å². The lowest BCUT2D eigenvalue weighted by Gasteiger charge is -2.10. The molecule has 3 aromatic heterocycles. The molecular formula is C16H10ClIN4S. The standard InChI is InChI=1S/C16H9IN4S.ClH/c17-14-6-11-15(9(7-18)8-20-16(11)22-14)21-13-3-1-2-12-10(13)4-5-19-12;/h1-6,8,19H,(H,20,21);1H. The highest BCUT2D eigenvalue weighted by molar-refractivity contribution is 14.1. The van der Waals surface area contributed by atoms with Gasteiger partial charge in [-0.05, 0) is 46.9 Å². The number of H-pyrrole nitrogens is 1. The molecule has 0 atom stereocenters. The maximum absolute atomic E-state index is 9.40. The number of hydrogen-bond acceptors (Lipinski definition) is 4. The van der Waals surface area contributed by atoms with E-state index in [0.29, 0.717) is 5.56 Å². The van der Waals surface area contributed by atoms with Gasteiger partial charge in [0.25, 0.3) is 0 Å². The molecule has 0 saturated heterocycles. The van der Waals surface area contributed by atoms with Gasteiger partial charge in [0, 0.05) is 34.4 Å². The van der Waals surface area contributed by atoms with Gasteiger partial charge in [-0.25, -0.2) is 4.98 Å². The molecule has 7 heteroatoms. The first kappa shape index (κ1) is 16.1. The number of nitrogens with one attached hydrogen (secondary N) is 2. The monoisotopic (exact) mass is 452 g/mol. The number of aromatic nitrogens is 2. The lowest BCUT2D eigenvalue weighted by Crippen LogP contribution is -1.95. The van der Waals surface area contributed by atoms with E-state index in [1.807, 2.05) is 30.5 Å². The Morgan fingerprint density at radius 1 is 1.26 bits per heavy atom. The number of benzene rings is 1. The van der Waals surface area contributed by atoms with Gasteiger partial charge in [-0.2, -0.15) is 5.26 Å². The van der Waals surface area contributed by atoms with Gasteiger partial charge in [-0.3, -0.25) is 0 Å². The van der Waals surface area contributed by atoms with Crippen LogP contribution in [0, 0.1) is 14.2 Å². The summed E-state index contributed by atoms with van der Waals surface area (Å²) in [6.07, 6.45) is 3.55. The molecule has 0 bridgehead atoms. The number of halogens is 2. The van der Waals surface area contributed by atoms with Crippen LogP contribution in [0.25, 0.3) is 21.1 Å². The molecule has 0 aliphatic heterocycles. The smallest absolute Gasteiger partial charge is 0.126 e. The number of nitrogens with zero attached hydrogens (tertiary/aromatic N) is 2. The lowest BCUT2D eigenvalue weighted by atomic mass is 10.1. The molecule has 0 radical (unpaired) electrons. The average Bonchev–Trinajstić information content (AvgIpc) is 3.13. The van der Waals surface area contributed by atoms with E-state index in [2.05, 4.69) is 50.0 Å². The molecule has 0 aliphatic carbocycles. The quantitative estimate of drug-likeness (QED) is 0.399. The second-order valence-corrected chi connectivity index (χ2v) is 7.72. The van der Waals surface area contributed by atoms with E-state index >= 15 is 0 Å². The third-order valence-corrected chi connectivity index (χ3v) is 5.31. The van der Waals surface area contributed by atoms with E-state index in [4.69, 9.17) is 0 Å². The maximum atomic E-state index is 9.40. The molecule has 23 heavy (non-hydrogen) atoms. The van der Waals surface area contributed by atoms with Gasteiger partial charge in [-0.15, -0.1) is 23.7 Å². The Kier molecular flexibility index (Phi) is 4.43. The summed E-state index contributed by atoms with van der Waals surface area (Å²) in [6, 6.07) is 12.4. The molecule has 0 unspecified atom stereocenters. The van der Waals surface area contributed by atoms with Crippen LogP contribution < -0.4 is 5.32 Å². The number of anilines is 2. The molecule has 1 aromatic carbocycles. The predicted molar refractivity (Wildman–Crippen MR) is 106 cm³/mol. The Balaban J connectivity index is 0.00000156. The van der Waals surface area contributed by atoms with Crippen LogP contribution in [-0.2, 0) is 0 Å². The highest BCUT2D eigenvalue weighted by Gasteiger charge is 2.13. The number of thiophene rings is 1. The van der Waals surface area contributed by atoms with Crippen molar-refractivity contribution in [3.63, 3.8) is 0 Å². The van der Waals surface area contributed by atoms with Crippen molar-refractivity contribution in [2.24, 2.45) is 0 Å². The van der Waals surface area contributed by atoms with E-state index in [1.54, 1.807) is 17.5 Å². The van der Waals surface area contributed by atoms with Crippen LogP contribution in [0.1, 0.15) is 5.56 Å². The van der Waals surface area contributed by atoms with Crippen LogP contribution in [0.15, 0.2) is 42.7 Å². The SMILES string of the molecule is Cl.N#Cc1cnc2sc(I)cc2c1Nc1cccc2[nH]ccc12. The van der Waals surface area contributed by atoms with Crippen molar-refractivity contribution in [2.75, 3.05) is 5.32 Å². The summed E-state index contributed by atoms with van der Waals surface area (Å²) in [5.74, 6) is 0. The van der Waals surface area contributed by atoms with Crippen LogP contribution in [0.5, 0.6) is 0 Å². The summed E-state index contributed by atoms with van der Waals surface area (Å²) < 4.78 is 1.15. The Labute approximate surface area is 156 Å². The minimum absolute atomic E-state index is 0. The van der Waals surface area contributed by atoms with Crippen molar-refractivity contribution in [3.8, 4) is 6.07 Å². The van der Waals surface area contributed by atoms with Crippen molar-refractivity contribution in [2.45, 2.75) is 0 Å². The van der Waals surface area contributed by atoms with Crippen molar-refractivity contribution in [1.29, 1.82) is 5.26 Å². The first-order chi connectivity index (χ1) is 10.8.